The summed E-state index contributed by atoms with van der Waals surface area (Å²) < 4.78 is 0. The predicted octanol–water partition coefficient (Wildman–Crippen LogP) is 3.04. The van der Waals surface area contributed by atoms with Crippen LogP contribution in [0.2, 0.25) is 0 Å². The van der Waals surface area contributed by atoms with Gasteiger partial charge in [0, 0.05) is 15.1 Å². The molecule has 0 radical (unpaired) electrons. The first-order valence-corrected chi connectivity index (χ1v) is 7.94. The number of H-pyrrole nitrogens is 1. The van der Waals surface area contributed by atoms with E-state index in [2.05, 4.69) is 21.6 Å². The van der Waals surface area contributed by atoms with E-state index in [1.54, 1.807) is 0 Å². The van der Waals surface area contributed by atoms with Gasteiger partial charge in [-0.25, -0.2) is 0 Å². The highest BCUT2D eigenvalue weighted by Gasteiger charge is 2.17. The highest BCUT2D eigenvalue weighted by molar-refractivity contribution is 7.12. The van der Waals surface area contributed by atoms with Gasteiger partial charge < -0.3 is 5.32 Å². The number of aromatic amines is 1. The molecule has 4 nitrogen and oxygen atoms in total. The van der Waals surface area contributed by atoms with Gasteiger partial charge >= 0.3 is 0 Å². The molecule has 0 bridgehead atoms. The van der Waals surface area contributed by atoms with Gasteiger partial charge in [-0.3, -0.25) is 9.89 Å². The smallest absolute Gasteiger partial charge is 0.272 e. The molecule has 1 aliphatic rings. The lowest BCUT2D eigenvalue weighted by Gasteiger charge is -2.01. The number of carbonyl (C=O) groups excluding carboxylic acids is 1. The van der Waals surface area contributed by atoms with E-state index in [-0.39, 0.29) is 5.91 Å². The van der Waals surface area contributed by atoms with Crippen LogP contribution in [0, 0.1) is 0 Å². The molecule has 0 saturated carbocycles. The van der Waals surface area contributed by atoms with Gasteiger partial charge in [0.15, 0.2) is 5.69 Å². The molecule has 2 heterocycles. The number of thiophene rings is 1. The van der Waals surface area contributed by atoms with Crippen molar-refractivity contribution in [2.75, 3.05) is 0 Å². The second kappa shape index (κ2) is 5.00. The number of nitrogens with one attached hydrogen (secondary N) is 2. The molecule has 1 amide bonds. The number of fused-ring (bicyclic) bond motifs is 2. The molecule has 0 unspecified atom stereocenters. The summed E-state index contributed by atoms with van der Waals surface area (Å²) in [5, 5.41) is 10.9. The summed E-state index contributed by atoms with van der Waals surface area (Å²) in [6, 6.07) is 9.90. The van der Waals surface area contributed by atoms with E-state index in [0.717, 1.165) is 10.9 Å². The van der Waals surface area contributed by atoms with Crippen LogP contribution in [0.15, 0.2) is 30.3 Å². The van der Waals surface area contributed by atoms with E-state index in [1.165, 1.54) is 34.6 Å². The number of amides is 1. The fourth-order valence-corrected chi connectivity index (χ4v) is 4.07. The van der Waals surface area contributed by atoms with Crippen LogP contribution in [0.25, 0.3) is 10.9 Å². The Morgan fingerprint density at radius 2 is 2.24 bits per heavy atom. The van der Waals surface area contributed by atoms with Crippen LogP contribution in [0.1, 0.15) is 32.2 Å². The summed E-state index contributed by atoms with van der Waals surface area (Å²) in [6.07, 6.45) is 3.65. The van der Waals surface area contributed by atoms with Gasteiger partial charge in [0.25, 0.3) is 5.91 Å². The summed E-state index contributed by atoms with van der Waals surface area (Å²) >= 11 is 1.82. The maximum absolute atomic E-state index is 12.3. The monoisotopic (exact) mass is 297 g/mol. The normalized spacial score (nSPS) is 13.5. The van der Waals surface area contributed by atoms with Crippen molar-refractivity contribution in [3.63, 3.8) is 0 Å². The first-order valence-electron chi connectivity index (χ1n) is 7.13. The van der Waals surface area contributed by atoms with Crippen molar-refractivity contribution in [3.8, 4) is 0 Å². The van der Waals surface area contributed by atoms with Gasteiger partial charge in [0.2, 0.25) is 0 Å². The molecule has 0 aliphatic heterocycles. The van der Waals surface area contributed by atoms with Crippen LogP contribution in [0.5, 0.6) is 0 Å². The van der Waals surface area contributed by atoms with E-state index in [9.17, 15) is 4.79 Å². The van der Waals surface area contributed by atoms with E-state index in [4.69, 9.17) is 0 Å². The lowest BCUT2D eigenvalue weighted by molar-refractivity contribution is 0.0948. The summed E-state index contributed by atoms with van der Waals surface area (Å²) in [7, 11) is 0. The van der Waals surface area contributed by atoms with Gasteiger partial charge in [0.05, 0.1) is 12.1 Å². The molecule has 0 fully saturated rings. The van der Waals surface area contributed by atoms with Crippen molar-refractivity contribution in [1.29, 1.82) is 0 Å². The number of hydrogen-bond acceptors (Lipinski definition) is 3. The molecule has 2 N–H and O–H groups in total. The van der Waals surface area contributed by atoms with Gasteiger partial charge in [-0.05, 0) is 37.0 Å². The average Bonchev–Trinajstić information content (AvgIpc) is 3.18. The van der Waals surface area contributed by atoms with E-state index < -0.39 is 0 Å². The zero-order valence-corrected chi connectivity index (χ0v) is 12.3. The summed E-state index contributed by atoms with van der Waals surface area (Å²) in [5.74, 6) is -0.124. The number of para-hydroxylation sites is 1. The third-order valence-electron chi connectivity index (χ3n) is 3.91. The molecule has 4 rings (SSSR count). The van der Waals surface area contributed by atoms with Gasteiger partial charge in [-0.15, -0.1) is 11.3 Å². The fourth-order valence-electron chi connectivity index (χ4n) is 2.87. The van der Waals surface area contributed by atoms with Crippen molar-refractivity contribution in [2.24, 2.45) is 0 Å². The van der Waals surface area contributed by atoms with Crippen LogP contribution in [-0.2, 0) is 19.4 Å². The molecule has 0 spiro atoms. The first kappa shape index (κ1) is 12.6. The predicted molar refractivity (Wildman–Crippen MR) is 83.6 cm³/mol. The number of aromatic nitrogens is 2. The molecule has 5 heteroatoms. The topological polar surface area (TPSA) is 57.8 Å². The minimum atomic E-state index is -0.124. The van der Waals surface area contributed by atoms with Crippen LogP contribution >= 0.6 is 11.3 Å². The molecular weight excluding hydrogens is 282 g/mol. The lowest BCUT2D eigenvalue weighted by atomic mass is 10.2. The van der Waals surface area contributed by atoms with E-state index in [0.29, 0.717) is 12.2 Å². The zero-order chi connectivity index (χ0) is 14.2. The van der Waals surface area contributed by atoms with E-state index in [1.807, 2.05) is 35.6 Å². The Morgan fingerprint density at radius 3 is 3.14 bits per heavy atom. The number of rotatable bonds is 3. The molecule has 0 atom stereocenters. The maximum atomic E-state index is 12.3. The average molecular weight is 297 g/mol. The van der Waals surface area contributed by atoms with Gasteiger partial charge in [0.1, 0.15) is 0 Å². The second-order valence-corrected chi connectivity index (χ2v) is 6.54. The summed E-state index contributed by atoms with van der Waals surface area (Å²) in [4.78, 5) is 15.0. The Labute approximate surface area is 126 Å². The zero-order valence-electron chi connectivity index (χ0n) is 11.5. The van der Waals surface area contributed by atoms with Gasteiger partial charge in [-0.2, -0.15) is 5.10 Å². The molecule has 1 aliphatic carbocycles. The van der Waals surface area contributed by atoms with Crippen molar-refractivity contribution >= 4 is 28.1 Å². The van der Waals surface area contributed by atoms with Crippen LogP contribution in [-0.4, -0.2) is 16.1 Å². The van der Waals surface area contributed by atoms with Gasteiger partial charge in [-0.1, -0.05) is 18.2 Å². The Morgan fingerprint density at radius 1 is 1.33 bits per heavy atom. The largest absolute Gasteiger partial charge is 0.346 e. The highest BCUT2D eigenvalue weighted by Crippen LogP contribution is 2.30. The maximum Gasteiger partial charge on any atom is 0.272 e. The van der Waals surface area contributed by atoms with Crippen LogP contribution in [0.4, 0.5) is 0 Å². The second-order valence-electron chi connectivity index (χ2n) is 5.32. The number of nitrogens with zero attached hydrogens (tertiary/aromatic N) is 1. The molecule has 1 aromatic carbocycles. The Bertz CT molecular complexity index is 796. The number of hydrogen-bond donors (Lipinski definition) is 2. The number of carbonyl (C=O) groups is 1. The Balaban J connectivity index is 1.50. The molecule has 106 valence electrons. The Kier molecular flexibility index (Phi) is 3.00. The van der Waals surface area contributed by atoms with E-state index >= 15 is 0 Å². The Hall–Kier alpha value is -2.14. The SMILES string of the molecule is O=C(NCc1cc2c(s1)CCC2)c1n[nH]c2ccccc12. The third-order valence-corrected chi connectivity index (χ3v) is 5.14. The van der Waals surface area contributed by atoms with Crippen molar-refractivity contribution in [2.45, 2.75) is 25.8 Å². The summed E-state index contributed by atoms with van der Waals surface area (Å²) in [6.45, 7) is 0.581. The molecule has 0 saturated heterocycles. The minimum Gasteiger partial charge on any atom is -0.346 e. The first-order chi connectivity index (χ1) is 10.3. The molecule has 3 aromatic rings. The molecule has 21 heavy (non-hydrogen) atoms. The fraction of sp³-hybridized carbons (Fsp3) is 0.250. The highest BCUT2D eigenvalue weighted by atomic mass is 32.1. The lowest BCUT2D eigenvalue weighted by Crippen LogP contribution is -2.22. The standard InChI is InChI=1S/C16H15N3OS/c20-16(15-12-5-1-2-6-13(12)18-19-15)17-9-11-8-10-4-3-7-14(10)21-11/h1-2,5-6,8H,3-4,7,9H2,(H,17,20)(H,18,19). The number of aryl methyl sites for hydroxylation is 2. The minimum absolute atomic E-state index is 0.124. The third kappa shape index (κ3) is 2.23. The quantitative estimate of drug-likeness (QED) is 0.780. The van der Waals surface area contributed by atoms with Crippen molar-refractivity contribution in [3.05, 3.63) is 51.3 Å². The van der Waals surface area contributed by atoms with Crippen LogP contribution in [0.3, 0.4) is 0 Å². The van der Waals surface area contributed by atoms with Crippen molar-refractivity contribution in [1.82, 2.24) is 15.5 Å². The molecule has 2 aromatic heterocycles. The van der Waals surface area contributed by atoms with Crippen molar-refractivity contribution < 1.29 is 4.79 Å². The summed E-state index contributed by atoms with van der Waals surface area (Å²) in [5.41, 5.74) is 2.82. The number of benzene rings is 1. The molecular formula is C16H15N3OS. The van der Waals surface area contributed by atoms with Crippen LogP contribution < -0.4 is 5.32 Å².